The van der Waals surface area contributed by atoms with Crippen LogP contribution in [0.25, 0.3) is 0 Å². The van der Waals surface area contributed by atoms with Crippen molar-refractivity contribution in [2.75, 3.05) is 0 Å². The first kappa shape index (κ1) is 12.6. The summed E-state index contributed by atoms with van der Waals surface area (Å²) in [7, 11) is 0. The maximum atomic E-state index is 6.22. The van der Waals surface area contributed by atoms with Crippen LogP contribution in [0.4, 0.5) is 0 Å². The highest BCUT2D eigenvalue weighted by Gasteiger charge is 2.20. The number of thioether (sulfide) groups is 1. The number of aromatic nitrogens is 1. The highest BCUT2D eigenvalue weighted by atomic mass is 32.2. The minimum Gasteiger partial charge on any atom is -0.326 e. The number of hydrogen-bond acceptors (Lipinski definition) is 4. The maximum Gasteiger partial charge on any atom is 0.0605 e. The summed E-state index contributed by atoms with van der Waals surface area (Å²) in [6.07, 6.45) is 4.69. The number of nitrogens with zero attached hydrogens (tertiary/aromatic N) is 1. The molecule has 2 unspecified atom stereocenters. The van der Waals surface area contributed by atoms with E-state index in [1.165, 1.54) is 9.77 Å². The van der Waals surface area contributed by atoms with Crippen LogP contribution in [0.15, 0.2) is 46.2 Å². The average molecular weight is 264 g/mol. The first-order valence-corrected chi connectivity index (χ1v) is 7.43. The molecule has 0 fully saturated rings. The van der Waals surface area contributed by atoms with Gasteiger partial charge in [0.25, 0.3) is 0 Å². The van der Waals surface area contributed by atoms with Gasteiger partial charge in [-0.1, -0.05) is 19.1 Å². The summed E-state index contributed by atoms with van der Waals surface area (Å²) in [6.45, 7) is 2.13. The van der Waals surface area contributed by atoms with E-state index in [0.29, 0.717) is 0 Å². The number of rotatable bonds is 5. The molecular weight excluding hydrogens is 248 g/mol. The Kier molecular flexibility index (Phi) is 4.59. The third-order valence-corrected chi connectivity index (χ3v) is 5.09. The van der Waals surface area contributed by atoms with Gasteiger partial charge >= 0.3 is 0 Å². The predicted molar refractivity (Wildman–Crippen MR) is 75.4 cm³/mol. The van der Waals surface area contributed by atoms with Crippen molar-refractivity contribution in [3.05, 3.63) is 47.6 Å². The number of nitrogens with two attached hydrogens (primary N) is 1. The quantitative estimate of drug-likeness (QED) is 0.837. The Labute approximate surface area is 110 Å². The Bertz CT molecular complexity index is 428. The van der Waals surface area contributed by atoms with Crippen molar-refractivity contribution < 1.29 is 0 Å². The van der Waals surface area contributed by atoms with Crippen molar-refractivity contribution in [3.8, 4) is 0 Å². The van der Waals surface area contributed by atoms with E-state index < -0.39 is 0 Å². The smallest absolute Gasteiger partial charge is 0.0605 e. The molecule has 2 heterocycles. The Balaban J connectivity index is 2.20. The summed E-state index contributed by atoms with van der Waals surface area (Å²) >= 11 is 3.60. The molecule has 0 bridgehead atoms. The molecule has 0 saturated carbocycles. The molecule has 2 aromatic rings. The zero-order valence-electron chi connectivity index (χ0n) is 9.74. The normalized spacial score (nSPS) is 14.5. The van der Waals surface area contributed by atoms with Gasteiger partial charge in [-0.25, -0.2) is 0 Å². The molecule has 0 amide bonds. The molecule has 0 saturated heterocycles. The van der Waals surface area contributed by atoms with E-state index in [9.17, 15) is 0 Å². The summed E-state index contributed by atoms with van der Waals surface area (Å²) in [5.41, 5.74) is 7.43. The van der Waals surface area contributed by atoms with Gasteiger partial charge in [0.2, 0.25) is 0 Å². The van der Waals surface area contributed by atoms with Gasteiger partial charge in [-0.15, -0.1) is 23.1 Å². The SMILES string of the molecule is CCC(N)C(Sc1cccs1)c1cccnc1. The van der Waals surface area contributed by atoms with Gasteiger partial charge in [0.1, 0.15) is 0 Å². The molecule has 2 nitrogen and oxygen atoms in total. The lowest BCUT2D eigenvalue weighted by Gasteiger charge is -2.21. The average Bonchev–Trinajstić information content (AvgIpc) is 2.89. The minimum atomic E-state index is 0.159. The van der Waals surface area contributed by atoms with Gasteiger partial charge in [-0.2, -0.15) is 0 Å². The van der Waals surface area contributed by atoms with E-state index in [2.05, 4.69) is 35.5 Å². The molecule has 2 N–H and O–H groups in total. The van der Waals surface area contributed by atoms with Crippen molar-refractivity contribution in [3.63, 3.8) is 0 Å². The van der Waals surface area contributed by atoms with Crippen molar-refractivity contribution in [1.29, 1.82) is 0 Å². The molecule has 2 rings (SSSR count). The largest absolute Gasteiger partial charge is 0.326 e. The van der Waals surface area contributed by atoms with E-state index in [4.69, 9.17) is 5.73 Å². The Morgan fingerprint density at radius 2 is 2.29 bits per heavy atom. The van der Waals surface area contributed by atoms with E-state index in [1.807, 2.05) is 24.0 Å². The van der Waals surface area contributed by atoms with Gasteiger partial charge in [-0.3, -0.25) is 4.98 Å². The van der Waals surface area contributed by atoms with Crippen molar-refractivity contribution in [1.82, 2.24) is 4.98 Å². The van der Waals surface area contributed by atoms with Crippen LogP contribution in [0.2, 0.25) is 0 Å². The van der Waals surface area contributed by atoms with E-state index >= 15 is 0 Å². The van der Waals surface area contributed by atoms with Crippen molar-refractivity contribution >= 4 is 23.1 Å². The highest BCUT2D eigenvalue weighted by Crippen LogP contribution is 2.39. The molecule has 2 aromatic heterocycles. The topological polar surface area (TPSA) is 38.9 Å². The summed E-state index contributed by atoms with van der Waals surface area (Å²) in [5.74, 6) is 0. The summed E-state index contributed by atoms with van der Waals surface area (Å²) in [5, 5.41) is 2.38. The molecular formula is C13H16N2S2. The first-order valence-electron chi connectivity index (χ1n) is 5.67. The molecule has 17 heavy (non-hydrogen) atoms. The van der Waals surface area contributed by atoms with E-state index in [0.717, 1.165) is 6.42 Å². The van der Waals surface area contributed by atoms with Crippen LogP contribution in [0.5, 0.6) is 0 Å². The highest BCUT2D eigenvalue weighted by molar-refractivity contribution is 8.01. The molecule has 0 aliphatic heterocycles. The van der Waals surface area contributed by atoms with Crippen molar-refractivity contribution in [2.24, 2.45) is 5.73 Å². The fourth-order valence-corrected chi connectivity index (χ4v) is 3.82. The summed E-state index contributed by atoms with van der Waals surface area (Å²) in [4.78, 5) is 4.19. The number of hydrogen-bond donors (Lipinski definition) is 1. The van der Waals surface area contributed by atoms with E-state index in [1.54, 1.807) is 17.5 Å². The molecule has 4 heteroatoms. The molecule has 0 aliphatic carbocycles. The molecule has 0 aromatic carbocycles. The molecule has 0 spiro atoms. The van der Waals surface area contributed by atoms with Crippen LogP contribution in [0.1, 0.15) is 24.2 Å². The van der Waals surface area contributed by atoms with Gasteiger partial charge in [0.05, 0.1) is 9.46 Å². The minimum absolute atomic E-state index is 0.159. The summed E-state index contributed by atoms with van der Waals surface area (Å²) < 4.78 is 1.31. The standard InChI is InChI=1S/C13H16N2S2/c1-2-11(14)13(10-5-3-7-15-9-10)17-12-6-4-8-16-12/h3-9,11,13H,2,14H2,1H3. The monoisotopic (exact) mass is 264 g/mol. The second-order valence-electron chi connectivity index (χ2n) is 3.83. The van der Waals surface area contributed by atoms with Gasteiger partial charge < -0.3 is 5.73 Å². The van der Waals surface area contributed by atoms with Crippen molar-refractivity contribution in [2.45, 2.75) is 28.8 Å². The van der Waals surface area contributed by atoms with Gasteiger partial charge in [0, 0.05) is 18.4 Å². The van der Waals surface area contributed by atoms with Crippen LogP contribution in [-0.4, -0.2) is 11.0 Å². The molecule has 90 valence electrons. The summed E-state index contributed by atoms with van der Waals surface area (Å²) in [6, 6.07) is 8.45. The number of pyridine rings is 1. The zero-order valence-corrected chi connectivity index (χ0v) is 11.4. The predicted octanol–water partition coefficient (Wildman–Crippen LogP) is 3.71. The third-order valence-electron chi connectivity index (χ3n) is 2.61. The molecule has 0 aliphatic rings. The van der Waals surface area contributed by atoms with Crippen LogP contribution in [0, 0.1) is 0 Å². The zero-order chi connectivity index (χ0) is 12.1. The fourth-order valence-electron chi connectivity index (χ4n) is 1.62. The second kappa shape index (κ2) is 6.19. The van der Waals surface area contributed by atoms with Crippen LogP contribution in [0.3, 0.4) is 0 Å². The van der Waals surface area contributed by atoms with Crippen LogP contribution in [-0.2, 0) is 0 Å². The molecule has 2 atom stereocenters. The first-order chi connectivity index (χ1) is 8.31. The third kappa shape index (κ3) is 3.31. The fraction of sp³-hybridized carbons (Fsp3) is 0.308. The van der Waals surface area contributed by atoms with Gasteiger partial charge in [-0.05, 0) is 29.5 Å². The maximum absolute atomic E-state index is 6.22. The van der Waals surface area contributed by atoms with Gasteiger partial charge in [0.15, 0.2) is 0 Å². The molecule has 0 radical (unpaired) electrons. The Morgan fingerprint density at radius 1 is 1.41 bits per heavy atom. The Morgan fingerprint density at radius 3 is 2.88 bits per heavy atom. The number of thiophene rings is 1. The second-order valence-corrected chi connectivity index (χ2v) is 6.22. The Hall–Kier alpha value is -0.840. The van der Waals surface area contributed by atoms with E-state index in [-0.39, 0.29) is 11.3 Å². The van der Waals surface area contributed by atoms with Crippen LogP contribution < -0.4 is 5.73 Å². The lowest BCUT2D eigenvalue weighted by Crippen LogP contribution is -2.25. The lowest BCUT2D eigenvalue weighted by molar-refractivity contribution is 0.633. The lowest BCUT2D eigenvalue weighted by atomic mass is 10.1. The van der Waals surface area contributed by atoms with Crippen LogP contribution >= 0.6 is 23.1 Å².